The van der Waals surface area contributed by atoms with Crippen molar-refractivity contribution >= 4 is 11.7 Å². The van der Waals surface area contributed by atoms with Gasteiger partial charge in [0, 0.05) is 23.7 Å². The van der Waals surface area contributed by atoms with Crippen molar-refractivity contribution in [3.05, 3.63) is 23.4 Å². The Morgan fingerprint density at radius 1 is 1.69 bits per heavy atom. The van der Waals surface area contributed by atoms with Crippen LogP contribution in [-0.4, -0.2) is 16.9 Å². The molecule has 1 aromatic rings. The number of nitrogens with two attached hydrogens (primary N) is 1. The first kappa shape index (κ1) is 6.88. The number of anilines is 1. The Kier molecular flexibility index (Phi) is 1.07. The Hall–Kier alpha value is -1.58. The van der Waals surface area contributed by atoms with Crippen LogP contribution in [0.3, 0.4) is 0 Å². The van der Waals surface area contributed by atoms with Crippen LogP contribution in [0, 0.1) is 0 Å². The fraction of sp³-hybridized carbons (Fsp3) is 0.333. The minimum atomic E-state index is -0.403. The Morgan fingerprint density at radius 2 is 2.54 bits per heavy atom. The van der Waals surface area contributed by atoms with Crippen molar-refractivity contribution in [3.63, 3.8) is 0 Å². The molecule has 0 aromatic carbocycles. The fourth-order valence-electron chi connectivity index (χ4n) is 1.89. The van der Waals surface area contributed by atoms with Gasteiger partial charge in [-0.05, 0) is 12.5 Å². The van der Waals surface area contributed by atoms with Gasteiger partial charge in [0.15, 0.2) is 0 Å². The lowest BCUT2D eigenvalue weighted by atomic mass is 10.1. The van der Waals surface area contributed by atoms with E-state index in [4.69, 9.17) is 5.73 Å². The van der Waals surface area contributed by atoms with Crippen LogP contribution in [0.25, 0.3) is 0 Å². The van der Waals surface area contributed by atoms with Crippen LogP contribution in [0.15, 0.2) is 12.3 Å². The first-order valence-electron chi connectivity index (χ1n) is 4.32. The van der Waals surface area contributed by atoms with Crippen molar-refractivity contribution in [2.75, 3.05) is 5.32 Å². The SMILES string of the molecule is NC(=O)c1cnc2c(c1)C1C[C@H]1N2. The lowest BCUT2D eigenvalue weighted by Gasteiger charge is -2.03. The van der Waals surface area contributed by atoms with Gasteiger partial charge in [0.1, 0.15) is 5.82 Å². The third kappa shape index (κ3) is 0.854. The summed E-state index contributed by atoms with van der Waals surface area (Å²) in [6.07, 6.45) is 2.69. The summed E-state index contributed by atoms with van der Waals surface area (Å²) in [5.41, 5.74) is 6.83. The van der Waals surface area contributed by atoms with E-state index >= 15 is 0 Å². The van der Waals surface area contributed by atoms with Crippen molar-refractivity contribution in [3.8, 4) is 0 Å². The highest BCUT2D eigenvalue weighted by atomic mass is 16.1. The van der Waals surface area contributed by atoms with Crippen LogP contribution < -0.4 is 11.1 Å². The van der Waals surface area contributed by atoms with E-state index in [-0.39, 0.29) is 0 Å². The van der Waals surface area contributed by atoms with Gasteiger partial charge < -0.3 is 11.1 Å². The van der Waals surface area contributed by atoms with Gasteiger partial charge in [-0.25, -0.2) is 4.98 Å². The Labute approximate surface area is 75.2 Å². The summed E-state index contributed by atoms with van der Waals surface area (Å²) in [4.78, 5) is 15.0. The molecule has 66 valence electrons. The predicted molar refractivity (Wildman–Crippen MR) is 47.5 cm³/mol. The largest absolute Gasteiger partial charge is 0.366 e. The van der Waals surface area contributed by atoms with Gasteiger partial charge in [-0.15, -0.1) is 0 Å². The lowest BCUT2D eigenvalue weighted by molar-refractivity contribution is 0.1000. The van der Waals surface area contributed by atoms with Gasteiger partial charge in [0.05, 0.1) is 5.56 Å². The molecule has 0 spiro atoms. The first-order chi connectivity index (χ1) is 6.25. The predicted octanol–water partition coefficient (Wildman–Crippen LogP) is 0.462. The van der Waals surface area contributed by atoms with Gasteiger partial charge in [-0.1, -0.05) is 0 Å². The van der Waals surface area contributed by atoms with Crippen molar-refractivity contribution in [1.82, 2.24) is 4.98 Å². The number of fused-ring (bicyclic) bond motifs is 3. The van der Waals surface area contributed by atoms with Crippen LogP contribution >= 0.6 is 0 Å². The molecule has 1 aromatic heterocycles. The van der Waals surface area contributed by atoms with E-state index in [1.165, 1.54) is 6.20 Å². The third-order valence-electron chi connectivity index (χ3n) is 2.71. The molecule has 0 saturated heterocycles. The monoisotopic (exact) mass is 175 g/mol. The number of primary amides is 1. The molecular weight excluding hydrogens is 166 g/mol. The molecule has 1 aliphatic heterocycles. The number of nitrogens with zero attached hydrogens (tertiary/aromatic N) is 1. The number of pyridine rings is 1. The molecule has 4 nitrogen and oxygen atoms in total. The minimum absolute atomic E-state index is 0.403. The lowest BCUT2D eigenvalue weighted by Crippen LogP contribution is -2.11. The van der Waals surface area contributed by atoms with Crippen molar-refractivity contribution in [1.29, 1.82) is 0 Å². The number of hydrogen-bond donors (Lipinski definition) is 2. The van der Waals surface area contributed by atoms with E-state index in [2.05, 4.69) is 10.3 Å². The molecule has 13 heavy (non-hydrogen) atoms. The normalized spacial score (nSPS) is 27.4. The summed E-state index contributed by atoms with van der Waals surface area (Å²) in [6, 6.07) is 2.42. The molecule has 2 atom stereocenters. The minimum Gasteiger partial charge on any atom is -0.366 e. The van der Waals surface area contributed by atoms with Crippen molar-refractivity contribution in [2.45, 2.75) is 18.4 Å². The summed E-state index contributed by atoms with van der Waals surface area (Å²) in [5.74, 6) is 1.09. The van der Waals surface area contributed by atoms with Crippen LogP contribution in [0.5, 0.6) is 0 Å². The molecule has 1 amide bonds. The molecule has 1 aliphatic carbocycles. The average Bonchev–Trinajstić information content (AvgIpc) is 2.78. The molecule has 4 heteroatoms. The average molecular weight is 175 g/mol. The van der Waals surface area contributed by atoms with Crippen molar-refractivity contribution < 1.29 is 4.79 Å². The molecule has 1 unspecified atom stereocenters. The highest BCUT2D eigenvalue weighted by Gasteiger charge is 2.46. The van der Waals surface area contributed by atoms with E-state index < -0.39 is 5.91 Å². The van der Waals surface area contributed by atoms with Crippen LogP contribution in [0.4, 0.5) is 5.82 Å². The van der Waals surface area contributed by atoms with Gasteiger partial charge in [-0.3, -0.25) is 4.79 Å². The number of rotatable bonds is 1. The molecule has 2 aliphatic rings. The molecule has 3 rings (SSSR count). The van der Waals surface area contributed by atoms with E-state index in [0.29, 0.717) is 17.5 Å². The molecular formula is C9H9N3O. The molecule has 3 N–H and O–H groups in total. The number of aromatic nitrogens is 1. The summed E-state index contributed by atoms with van der Waals surface area (Å²) in [6.45, 7) is 0. The standard InChI is InChI=1S/C9H9N3O/c10-8(13)4-1-6-5-2-7(5)12-9(6)11-3-4/h1,3,5,7H,2H2,(H2,10,13)(H,11,12)/t5?,7-/m1/s1. The maximum Gasteiger partial charge on any atom is 0.250 e. The second-order valence-electron chi connectivity index (χ2n) is 3.62. The van der Waals surface area contributed by atoms with Crippen LogP contribution in [0.2, 0.25) is 0 Å². The van der Waals surface area contributed by atoms with Crippen molar-refractivity contribution in [2.24, 2.45) is 5.73 Å². The number of hydrogen-bond acceptors (Lipinski definition) is 3. The first-order valence-corrected chi connectivity index (χ1v) is 4.32. The smallest absolute Gasteiger partial charge is 0.250 e. The van der Waals surface area contributed by atoms with E-state index in [9.17, 15) is 4.79 Å². The zero-order valence-corrected chi connectivity index (χ0v) is 6.95. The molecule has 0 bridgehead atoms. The van der Waals surface area contributed by atoms with Crippen LogP contribution in [0.1, 0.15) is 28.3 Å². The molecule has 1 saturated carbocycles. The number of carbonyl (C=O) groups is 1. The molecule has 1 fully saturated rings. The van der Waals surface area contributed by atoms with Gasteiger partial charge in [0.25, 0.3) is 0 Å². The topological polar surface area (TPSA) is 68.0 Å². The third-order valence-corrected chi connectivity index (χ3v) is 2.71. The molecule has 2 heterocycles. The number of nitrogens with one attached hydrogen (secondary N) is 1. The summed E-state index contributed by atoms with van der Waals surface area (Å²) in [5, 5.41) is 3.27. The number of amides is 1. The maximum atomic E-state index is 10.9. The van der Waals surface area contributed by atoms with Gasteiger partial charge in [-0.2, -0.15) is 0 Å². The zero-order chi connectivity index (χ0) is 9.00. The summed E-state index contributed by atoms with van der Waals surface area (Å²) < 4.78 is 0. The maximum absolute atomic E-state index is 10.9. The zero-order valence-electron chi connectivity index (χ0n) is 6.95. The Bertz CT molecular complexity index is 402. The second-order valence-corrected chi connectivity index (χ2v) is 3.62. The molecule has 0 radical (unpaired) electrons. The Balaban J connectivity index is 2.11. The second kappa shape index (κ2) is 2.02. The van der Waals surface area contributed by atoms with E-state index in [0.717, 1.165) is 17.8 Å². The highest BCUT2D eigenvalue weighted by molar-refractivity contribution is 5.93. The van der Waals surface area contributed by atoms with Gasteiger partial charge >= 0.3 is 0 Å². The number of carbonyl (C=O) groups excluding carboxylic acids is 1. The van der Waals surface area contributed by atoms with Gasteiger partial charge in [0.2, 0.25) is 5.91 Å². The Morgan fingerprint density at radius 3 is 3.31 bits per heavy atom. The quantitative estimate of drug-likeness (QED) is 0.651. The van der Waals surface area contributed by atoms with Crippen LogP contribution in [-0.2, 0) is 0 Å². The highest BCUT2D eigenvalue weighted by Crippen LogP contribution is 2.50. The summed E-state index contributed by atoms with van der Waals surface area (Å²) >= 11 is 0. The van der Waals surface area contributed by atoms with E-state index in [1.54, 1.807) is 0 Å². The fourth-order valence-corrected chi connectivity index (χ4v) is 1.89. The van der Waals surface area contributed by atoms with E-state index in [1.807, 2.05) is 6.07 Å². The summed E-state index contributed by atoms with van der Waals surface area (Å²) in [7, 11) is 0.